The Morgan fingerprint density at radius 1 is 1.00 bits per heavy atom. The van der Waals surface area contributed by atoms with Gasteiger partial charge in [-0.25, -0.2) is 9.97 Å². The lowest BCUT2D eigenvalue weighted by Gasteiger charge is -2.43. The summed E-state index contributed by atoms with van der Waals surface area (Å²) in [6, 6.07) is 7.46. The molecule has 0 amide bonds. The molecule has 3 rings (SSSR count). The summed E-state index contributed by atoms with van der Waals surface area (Å²) in [7, 11) is 0. The molecule has 0 radical (unpaired) electrons. The molecule has 1 aliphatic rings. The number of aromatic nitrogens is 2. The Labute approximate surface area is 172 Å². The van der Waals surface area contributed by atoms with Crippen LogP contribution >= 0.6 is 23.5 Å². The summed E-state index contributed by atoms with van der Waals surface area (Å²) in [4.78, 5) is 9.08. The normalized spacial score (nSPS) is 30.0. The van der Waals surface area contributed by atoms with Gasteiger partial charge in [0.05, 0.1) is 0 Å². The number of benzene rings is 1. The van der Waals surface area contributed by atoms with E-state index in [9.17, 15) is 15.3 Å². The van der Waals surface area contributed by atoms with Crippen molar-refractivity contribution < 1.29 is 20.1 Å². The number of nitrogens with two attached hydrogens (primary N) is 1. The molecule has 28 heavy (non-hydrogen) atoms. The van der Waals surface area contributed by atoms with Crippen LogP contribution in [0.25, 0.3) is 11.1 Å². The molecule has 2 heterocycles. The first kappa shape index (κ1) is 21.5. The maximum absolute atomic E-state index is 10.3. The summed E-state index contributed by atoms with van der Waals surface area (Å²) >= 11 is 2.84. The Balaban J connectivity index is 1.66. The Morgan fingerprint density at radius 2 is 1.64 bits per heavy atom. The van der Waals surface area contributed by atoms with Gasteiger partial charge in [0.1, 0.15) is 36.2 Å². The van der Waals surface area contributed by atoms with E-state index in [2.05, 4.69) is 9.97 Å². The van der Waals surface area contributed by atoms with E-state index < -0.39 is 35.9 Å². The van der Waals surface area contributed by atoms with Gasteiger partial charge < -0.3 is 25.8 Å². The Bertz CT molecular complexity index is 751. The lowest BCUT2D eigenvalue weighted by molar-refractivity contribution is -0.202. The van der Waals surface area contributed by atoms with Crippen molar-refractivity contribution in [3.63, 3.8) is 0 Å². The molecule has 152 valence electrons. The maximum Gasteiger partial charge on any atom is 0.132 e. The minimum Gasteiger partial charge on any atom is -0.388 e. The second-order valence-corrected chi connectivity index (χ2v) is 9.12. The van der Waals surface area contributed by atoms with E-state index in [4.69, 9.17) is 10.5 Å². The molecule has 3 unspecified atom stereocenters. The highest BCUT2D eigenvalue weighted by atomic mass is 32.2. The molecule has 0 aliphatic carbocycles. The molecule has 1 fully saturated rings. The second kappa shape index (κ2) is 9.53. The van der Waals surface area contributed by atoms with E-state index in [1.54, 1.807) is 30.4 Å². The van der Waals surface area contributed by atoms with Crippen molar-refractivity contribution in [1.29, 1.82) is 0 Å². The number of hydrogen-bond donors (Lipinski definition) is 4. The molecule has 5 N–H and O–H groups in total. The van der Waals surface area contributed by atoms with Gasteiger partial charge in [0, 0.05) is 34.1 Å². The van der Waals surface area contributed by atoms with Crippen LogP contribution in [0.1, 0.15) is 6.92 Å². The van der Waals surface area contributed by atoms with Crippen molar-refractivity contribution >= 4 is 23.5 Å². The molecule has 1 aromatic heterocycles. The lowest BCUT2D eigenvalue weighted by Crippen LogP contribution is -2.62. The molecule has 1 aliphatic heterocycles. The second-order valence-electron chi connectivity index (χ2n) is 6.73. The predicted molar refractivity (Wildman–Crippen MR) is 111 cm³/mol. The third kappa shape index (κ3) is 4.68. The Hall–Kier alpha value is -1.20. The monoisotopic (exact) mass is 423 g/mol. The molecule has 0 saturated carbocycles. The van der Waals surface area contributed by atoms with E-state index in [0.717, 1.165) is 16.0 Å². The Morgan fingerprint density at radius 3 is 2.25 bits per heavy atom. The van der Waals surface area contributed by atoms with Crippen LogP contribution in [0.15, 0.2) is 47.9 Å². The summed E-state index contributed by atoms with van der Waals surface area (Å²) < 4.78 is 5.78. The van der Waals surface area contributed by atoms with Crippen molar-refractivity contribution in [2.45, 2.75) is 53.0 Å². The van der Waals surface area contributed by atoms with Gasteiger partial charge >= 0.3 is 0 Å². The zero-order chi connectivity index (χ0) is 20.3. The van der Waals surface area contributed by atoms with Crippen LogP contribution in [0, 0.1) is 0 Å². The van der Waals surface area contributed by atoms with Crippen molar-refractivity contribution in [2.24, 2.45) is 5.73 Å². The quantitative estimate of drug-likeness (QED) is 0.506. The van der Waals surface area contributed by atoms with Crippen LogP contribution < -0.4 is 5.73 Å². The van der Waals surface area contributed by atoms with Gasteiger partial charge in [0.25, 0.3) is 0 Å². The smallest absolute Gasteiger partial charge is 0.132 e. The first-order chi connectivity index (χ1) is 13.4. The molecule has 0 bridgehead atoms. The number of ether oxygens (including phenoxy) is 1. The molecule has 7 nitrogen and oxygen atoms in total. The van der Waals surface area contributed by atoms with E-state index in [-0.39, 0.29) is 5.25 Å². The van der Waals surface area contributed by atoms with Crippen LogP contribution in [-0.4, -0.2) is 72.7 Å². The van der Waals surface area contributed by atoms with Crippen molar-refractivity contribution in [3.05, 3.63) is 43.0 Å². The van der Waals surface area contributed by atoms with Crippen LogP contribution in [-0.2, 0) is 4.74 Å². The molecule has 0 spiro atoms. The minimum absolute atomic E-state index is 0.0875. The van der Waals surface area contributed by atoms with Gasteiger partial charge in [-0.05, 0) is 24.0 Å². The zero-order valence-electron chi connectivity index (χ0n) is 15.6. The molecule has 9 heteroatoms. The SMILES string of the molecule is CSC1O[C@H]([C@H](N)[C@H](C)Sc2ccc(-c3cncnc3)cc2)C(O)C(O)[C@H]1O. The third-order valence-corrected chi connectivity index (χ3v) is 6.92. The summed E-state index contributed by atoms with van der Waals surface area (Å²) in [5, 5.41) is 30.3. The number of rotatable bonds is 6. The van der Waals surface area contributed by atoms with Crippen LogP contribution in [0.3, 0.4) is 0 Å². The average molecular weight is 424 g/mol. The third-order valence-electron chi connectivity index (χ3n) is 4.83. The maximum atomic E-state index is 10.3. The fraction of sp³-hybridized carbons (Fsp3) is 0.474. The average Bonchev–Trinajstić information content (AvgIpc) is 2.73. The molecule has 1 saturated heterocycles. The predicted octanol–water partition coefficient (Wildman–Crippen LogP) is 1.12. The van der Waals surface area contributed by atoms with Gasteiger partial charge in [-0.3, -0.25) is 0 Å². The zero-order valence-corrected chi connectivity index (χ0v) is 17.3. The summed E-state index contributed by atoms with van der Waals surface area (Å²) in [6.07, 6.45) is 2.36. The first-order valence-corrected chi connectivity index (χ1v) is 11.1. The molecular weight excluding hydrogens is 398 g/mol. The van der Waals surface area contributed by atoms with E-state index in [1.165, 1.54) is 18.1 Å². The standard InChI is InChI=1S/C19H25N3O4S2/c1-10(14(20)18-16(24)15(23)17(25)19(26-18)27-2)28-13-5-3-11(4-6-13)12-7-21-9-22-8-12/h3-10,14-19,23-25H,20H2,1-2H3/t10-,14+,15?,16?,17+,18+,19?/m0/s1. The molecular formula is C19H25N3O4S2. The summed E-state index contributed by atoms with van der Waals surface area (Å²) in [5.74, 6) is 0. The fourth-order valence-corrected chi connectivity index (χ4v) is 4.83. The van der Waals surface area contributed by atoms with Gasteiger partial charge in [0.2, 0.25) is 0 Å². The van der Waals surface area contributed by atoms with Crippen molar-refractivity contribution in [3.8, 4) is 11.1 Å². The summed E-state index contributed by atoms with van der Waals surface area (Å²) in [6.45, 7) is 1.95. The fourth-order valence-electron chi connectivity index (χ4n) is 3.12. The molecule has 2 aromatic rings. The number of nitrogens with zero attached hydrogens (tertiary/aromatic N) is 2. The van der Waals surface area contributed by atoms with Crippen molar-refractivity contribution in [1.82, 2.24) is 9.97 Å². The topological polar surface area (TPSA) is 122 Å². The summed E-state index contributed by atoms with van der Waals surface area (Å²) in [5.41, 5.74) is 7.69. The lowest BCUT2D eigenvalue weighted by atomic mass is 9.94. The van der Waals surface area contributed by atoms with E-state index in [1.807, 2.05) is 31.2 Å². The minimum atomic E-state index is -1.29. The number of hydrogen-bond acceptors (Lipinski definition) is 9. The van der Waals surface area contributed by atoms with Crippen molar-refractivity contribution in [2.75, 3.05) is 6.26 Å². The van der Waals surface area contributed by atoms with Gasteiger partial charge in [-0.2, -0.15) is 0 Å². The first-order valence-electron chi connectivity index (χ1n) is 8.92. The number of aliphatic hydroxyl groups is 3. The highest BCUT2D eigenvalue weighted by molar-refractivity contribution is 8.00. The number of aliphatic hydroxyl groups excluding tert-OH is 3. The number of thioether (sulfide) groups is 2. The van der Waals surface area contributed by atoms with Crippen LogP contribution in [0.4, 0.5) is 0 Å². The van der Waals surface area contributed by atoms with Crippen LogP contribution in [0.2, 0.25) is 0 Å². The highest BCUT2D eigenvalue weighted by Gasteiger charge is 2.46. The van der Waals surface area contributed by atoms with E-state index in [0.29, 0.717) is 0 Å². The highest BCUT2D eigenvalue weighted by Crippen LogP contribution is 2.33. The van der Waals surface area contributed by atoms with Crippen LogP contribution in [0.5, 0.6) is 0 Å². The van der Waals surface area contributed by atoms with Gasteiger partial charge in [-0.1, -0.05) is 19.1 Å². The molecule has 7 atom stereocenters. The molecule has 1 aromatic carbocycles. The van der Waals surface area contributed by atoms with Gasteiger partial charge in [0.15, 0.2) is 0 Å². The van der Waals surface area contributed by atoms with E-state index >= 15 is 0 Å². The Kier molecular flexibility index (Phi) is 7.32. The van der Waals surface area contributed by atoms with Gasteiger partial charge in [-0.15, -0.1) is 23.5 Å². The largest absolute Gasteiger partial charge is 0.388 e.